The first-order valence-corrected chi connectivity index (χ1v) is 26.5. The van der Waals surface area contributed by atoms with E-state index in [4.69, 9.17) is 18.9 Å². The van der Waals surface area contributed by atoms with Crippen LogP contribution < -0.4 is 0 Å². The van der Waals surface area contributed by atoms with E-state index in [2.05, 4.69) is 179 Å². The molecular weight excluding hydrogens is 937 g/mol. The molecule has 12 nitrogen and oxygen atoms in total. The molecule has 14 atom stereocenters. The average molecular weight is 1030 g/mol. The van der Waals surface area contributed by atoms with Crippen LogP contribution in [0.4, 0.5) is 0 Å². The third-order valence-electron chi connectivity index (χ3n) is 15.7. The molecule has 0 unspecified atom stereocenters. The largest absolute Gasteiger partial charge is 0.394 e. The lowest BCUT2D eigenvalue weighted by atomic mass is 9.61. The Morgan fingerprint density at radius 1 is 0.514 bits per heavy atom. The van der Waals surface area contributed by atoms with Crippen molar-refractivity contribution in [1.29, 1.82) is 0 Å². The van der Waals surface area contributed by atoms with E-state index in [0.717, 1.165) is 48.0 Å². The van der Waals surface area contributed by atoms with Crippen molar-refractivity contribution in [1.82, 2.24) is 0 Å². The van der Waals surface area contributed by atoms with Gasteiger partial charge in [0.15, 0.2) is 12.6 Å². The first-order valence-electron chi connectivity index (χ1n) is 26.5. The quantitative estimate of drug-likeness (QED) is 0.0379. The van der Waals surface area contributed by atoms with Gasteiger partial charge in [0.25, 0.3) is 0 Å². The Morgan fingerprint density at radius 3 is 1.20 bits per heavy atom. The molecular formula is C62H92O12. The van der Waals surface area contributed by atoms with Gasteiger partial charge < -0.3 is 59.8 Å². The Kier molecular flexibility index (Phi) is 25.1. The molecule has 12 heteroatoms. The Balaban J connectivity index is 1.23. The van der Waals surface area contributed by atoms with Crippen LogP contribution >= 0.6 is 0 Å². The Labute approximate surface area is 443 Å². The highest BCUT2D eigenvalue weighted by molar-refractivity contribution is 5.33. The Hall–Kier alpha value is -3.86. The van der Waals surface area contributed by atoms with Crippen LogP contribution in [0.25, 0.3) is 0 Å². The average Bonchev–Trinajstić information content (AvgIpc) is 3.34. The van der Waals surface area contributed by atoms with Crippen molar-refractivity contribution >= 4 is 0 Å². The molecule has 2 saturated heterocycles. The topological polar surface area (TPSA) is 199 Å². The molecule has 8 N–H and O–H groups in total. The highest BCUT2D eigenvalue weighted by Crippen LogP contribution is 2.49. The number of ether oxygens (including phenoxy) is 4. The van der Waals surface area contributed by atoms with E-state index >= 15 is 0 Å². The maximum atomic E-state index is 10.3. The van der Waals surface area contributed by atoms with Gasteiger partial charge in [-0.25, -0.2) is 0 Å². The fraction of sp³-hybridized carbons (Fsp3) is 0.581. The number of rotatable bonds is 22. The summed E-state index contributed by atoms with van der Waals surface area (Å²) in [6.07, 6.45) is 29.9. The van der Waals surface area contributed by atoms with Crippen molar-refractivity contribution in [3.63, 3.8) is 0 Å². The summed E-state index contributed by atoms with van der Waals surface area (Å²) in [6.45, 7) is 25.5. The van der Waals surface area contributed by atoms with Gasteiger partial charge >= 0.3 is 0 Å². The second-order valence-corrected chi connectivity index (χ2v) is 22.4. The van der Waals surface area contributed by atoms with Crippen LogP contribution in [0.1, 0.15) is 109 Å². The van der Waals surface area contributed by atoms with Crippen LogP contribution in [0.3, 0.4) is 0 Å². The zero-order valence-electron chi connectivity index (χ0n) is 46.3. The molecule has 2 aliphatic heterocycles. The fourth-order valence-corrected chi connectivity index (χ4v) is 10.3. The lowest BCUT2D eigenvalue weighted by Crippen LogP contribution is -2.59. The van der Waals surface area contributed by atoms with Crippen LogP contribution in [0.15, 0.2) is 154 Å². The van der Waals surface area contributed by atoms with E-state index in [-0.39, 0.29) is 35.9 Å². The monoisotopic (exact) mass is 1030 g/mol. The Bertz CT molecular complexity index is 2070. The molecule has 0 bridgehead atoms. The second kappa shape index (κ2) is 29.6. The van der Waals surface area contributed by atoms with Gasteiger partial charge in [0, 0.05) is 11.8 Å². The lowest BCUT2D eigenvalue weighted by molar-refractivity contribution is -0.299. The maximum absolute atomic E-state index is 10.3. The van der Waals surface area contributed by atoms with Gasteiger partial charge in [-0.05, 0) is 104 Å². The Morgan fingerprint density at radius 2 is 0.851 bits per heavy atom. The number of allylic oxidation sites excluding steroid dienone is 24. The number of aliphatic hydroxyl groups excluding tert-OH is 8. The standard InChI is InChI=1S/C62H92O12/c1-39(19-15-21-41(3)25-33-49-45(7)27-31-47(61(49,9)10)29-23-43(5)37-71-59-57(69)55(67)53(65)51(35-63)73-59)17-13-14-18-40(2)20-16-22-42(4)26-34-50-46(8)28-32-48(62(50,11)12)30-24-44(6)38-72-60-58(70)56(68)54(66)52(36-64)74-60/h13-28,33-34,47-60,63-70H,29-32,35-38H2,1-12H3/b14-13+,19-15+,20-16+,33-25+,34-26+,39-17+,40-18+,41-21+,42-22+,43-23+,44-24+/t47-,48-,49+,50+,51+,52+,53+,54+,55-,56-,57+,58+,59+,60+/m0/s1. The molecule has 0 spiro atoms. The summed E-state index contributed by atoms with van der Waals surface area (Å²) >= 11 is 0. The van der Waals surface area contributed by atoms with Gasteiger partial charge in [-0.2, -0.15) is 0 Å². The minimum atomic E-state index is -1.46. The van der Waals surface area contributed by atoms with E-state index in [9.17, 15) is 40.9 Å². The van der Waals surface area contributed by atoms with Gasteiger partial charge in [-0.1, -0.05) is 182 Å². The molecule has 2 fully saturated rings. The smallest absolute Gasteiger partial charge is 0.187 e. The van der Waals surface area contributed by atoms with Gasteiger partial charge in [0.1, 0.15) is 48.8 Å². The molecule has 4 aliphatic rings. The van der Waals surface area contributed by atoms with Crippen molar-refractivity contribution < 1.29 is 59.8 Å². The molecule has 0 amide bonds. The summed E-state index contributed by atoms with van der Waals surface area (Å²) in [7, 11) is 0. The zero-order chi connectivity index (χ0) is 54.9. The highest BCUT2D eigenvalue weighted by atomic mass is 16.7. The predicted octanol–water partition coefficient (Wildman–Crippen LogP) is 9.08. The summed E-state index contributed by atoms with van der Waals surface area (Å²) in [6, 6.07) is 0. The van der Waals surface area contributed by atoms with E-state index in [0.29, 0.717) is 11.8 Å². The molecule has 0 radical (unpaired) electrons. The summed E-state index contributed by atoms with van der Waals surface area (Å²) in [5.74, 6) is 1.35. The fourth-order valence-electron chi connectivity index (χ4n) is 10.3. The van der Waals surface area contributed by atoms with Crippen LogP contribution in [0.5, 0.6) is 0 Å². The molecule has 74 heavy (non-hydrogen) atoms. The lowest BCUT2D eigenvalue weighted by Gasteiger charge is -2.43. The van der Waals surface area contributed by atoms with Crippen molar-refractivity contribution in [3.8, 4) is 0 Å². The van der Waals surface area contributed by atoms with Crippen molar-refractivity contribution in [3.05, 3.63) is 154 Å². The van der Waals surface area contributed by atoms with Gasteiger partial charge in [-0.15, -0.1) is 0 Å². The normalized spacial score (nSPS) is 34.2. The van der Waals surface area contributed by atoms with E-state index in [1.54, 1.807) is 0 Å². The number of hydrogen-bond donors (Lipinski definition) is 8. The summed E-state index contributed by atoms with van der Waals surface area (Å²) in [5.41, 5.74) is 9.30. The van der Waals surface area contributed by atoms with Crippen molar-refractivity contribution in [2.24, 2.45) is 34.5 Å². The second-order valence-electron chi connectivity index (χ2n) is 22.4. The van der Waals surface area contributed by atoms with E-state index < -0.39 is 74.6 Å². The number of hydrogen-bond acceptors (Lipinski definition) is 12. The van der Waals surface area contributed by atoms with Crippen molar-refractivity contribution in [2.45, 2.75) is 170 Å². The minimum Gasteiger partial charge on any atom is -0.394 e. The van der Waals surface area contributed by atoms with Gasteiger partial charge in [0.2, 0.25) is 0 Å². The third-order valence-corrected chi connectivity index (χ3v) is 15.7. The molecule has 0 aromatic carbocycles. The highest BCUT2D eigenvalue weighted by Gasteiger charge is 2.46. The molecule has 4 rings (SSSR count). The molecule has 2 aliphatic carbocycles. The minimum absolute atomic E-state index is 0.00475. The van der Waals surface area contributed by atoms with Crippen LogP contribution in [0.2, 0.25) is 0 Å². The summed E-state index contributed by atoms with van der Waals surface area (Å²) < 4.78 is 22.5. The van der Waals surface area contributed by atoms with Crippen LogP contribution in [-0.4, -0.2) is 129 Å². The third kappa shape index (κ3) is 17.9. The molecule has 0 saturated carbocycles. The van der Waals surface area contributed by atoms with Gasteiger partial charge in [-0.3, -0.25) is 0 Å². The van der Waals surface area contributed by atoms with E-state index in [1.165, 1.54) is 22.3 Å². The van der Waals surface area contributed by atoms with Crippen LogP contribution in [0, 0.1) is 34.5 Å². The predicted molar refractivity (Wildman–Crippen MR) is 295 cm³/mol. The number of aliphatic hydroxyl groups is 8. The van der Waals surface area contributed by atoms with Crippen LogP contribution in [-0.2, 0) is 18.9 Å². The van der Waals surface area contributed by atoms with Gasteiger partial charge in [0.05, 0.1) is 26.4 Å². The first kappa shape index (κ1) is 62.7. The van der Waals surface area contributed by atoms with Crippen molar-refractivity contribution in [2.75, 3.05) is 26.4 Å². The molecule has 412 valence electrons. The molecule has 2 heterocycles. The molecule has 0 aromatic rings. The molecule has 0 aromatic heterocycles. The SMILES string of the molecule is CC1=CC[C@H](C/C=C(\C)CO[C@@H]2O[C@H](CO)[C@@H](O)[C@H](O)[C@H]2O)C(C)(C)[C@@H]1/C=C/C(C)=C/C=C/C(C)=C/C=C/C=C(C)/C=C/C=C(C)/C=C/[C@@H]1C(C)=CC[C@H](C/C=C(\C)CO[C@@H]2O[C@H](CO)[C@@H](O)[C@H](O)[C@H]2O)C1(C)C. The zero-order valence-corrected chi connectivity index (χ0v) is 46.3. The maximum Gasteiger partial charge on any atom is 0.187 e. The first-order chi connectivity index (χ1) is 34.9. The van der Waals surface area contributed by atoms with E-state index in [1.807, 2.05) is 13.8 Å². The summed E-state index contributed by atoms with van der Waals surface area (Å²) in [4.78, 5) is 0. The summed E-state index contributed by atoms with van der Waals surface area (Å²) in [5, 5.41) is 79.9.